The van der Waals surface area contributed by atoms with E-state index in [-0.39, 0.29) is 27.8 Å². The molecule has 26 heavy (non-hydrogen) atoms. The van der Waals surface area contributed by atoms with Crippen LogP contribution >= 0.6 is 11.6 Å². The second-order valence-electron chi connectivity index (χ2n) is 4.91. The van der Waals surface area contributed by atoms with Gasteiger partial charge in [-0.05, 0) is 35.9 Å². The van der Waals surface area contributed by atoms with Gasteiger partial charge in [0, 0.05) is 0 Å². The number of esters is 1. The molecule has 0 atom stereocenters. The maximum Gasteiger partial charge on any atom is 0.387 e. The van der Waals surface area contributed by atoms with E-state index < -0.39 is 22.7 Å². The molecule has 0 bridgehead atoms. The van der Waals surface area contributed by atoms with E-state index in [1.54, 1.807) is 0 Å². The Kier molecular flexibility index (Phi) is 6.38. The molecular formula is C16H13ClF2O6S. The van der Waals surface area contributed by atoms with Crippen LogP contribution in [-0.2, 0) is 26.1 Å². The summed E-state index contributed by atoms with van der Waals surface area (Å²) in [5, 5.41) is -0.302. The Bertz CT molecular complexity index is 884. The first kappa shape index (κ1) is 19.9. The third-order valence-corrected chi connectivity index (χ3v) is 4.65. The zero-order chi connectivity index (χ0) is 19.3. The minimum atomic E-state index is -4.24. The highest BCUT2D eigenvalue weighted by atomic mass is 35.5. The lowest BCUT2D eigenvalue weighted by Crippen LogP contribution is -2.10. The minimum absolute atomic E-state index is 0.00245. The molecule has 0 aliphatic carbocycles. The van der Waals surface area contributed by atoms with Gasteiger partial charge >= 0.3 is 22.7 Å². The van der Waals surface area contributed by atoms with Crippen LogP contribution in [0.1, 0.15) is 5.56 Å². The molecule has 0 aromatic heterocycles. The van der Waals surface area contributed by atoms with Gasteiger partial charge in [-0.25, -0.2) is 0 Å². The smallest absolute Gasteiger partial charge is 0.387 e. The van der Waals surface area contributed by atoms with Gasteiger partial charge in [0.1, 0.15) is 16.4 Å². The minimum Gasteiger partial charge on any atom is -0.469 e. The molecule has 6 nitrogen and oxygen atoms in total. The van der Waals surface area contributed by atoms with Gasteiger partial charge in [-0.2, -0.15) is 17.2 Å². The molecular weight excluding hydrogens is 394 g/mol. The summed E-state index contributed by atoms with van der Waals surface area (Å²) < 4.78 is 62.5. The number of carbonyl (C=O) groups excluding carboxylic acids is 1. The molecule has 0 fully saturated rings. The lowest BCUT2D eigenvalue weighted by Gasteiger charge is -2.10. The average Bonchev–Trinajstić information content (AvgIpc) is 2.57. The van der Waals surface area contributed by atoms with E-state index in [9.17, 15) is 22.0 Å². The van der Waals surface area contributed by atoms with Crippen molar-refractivity contribution in [3.8, 4) is 11.5 Å². The van der Waals surface area contributed by atoms with Gasteiger partial charge in [0.2, 0.25) is 0 Å². The predicted octanol–water partition coefficient (Wildman–Crippen LogP) is 3.42. The second-order valence-corrected chi connectivity index (χ2v) is 6.86. The fourth-order valence-electron chi connectivity index (χ4n) is 1.91. The molecule has 0 aliphatic heterocycles. The Hall–Kier alpha value is -2.39. The van der Waals surface area contributed by atoms with E-state index in [1.807, 2.05) is 0 Å². The summed E-state index contributed by atoms with van der Waals surface area (Å²) in [6.07, 6.45) is 0.0325. The third-order valence-electron chi connectivity index (χ3n) is 3.11. The second kappa shape index (κ2) is 8.33. The Morgan fingerprint density at radius 1 is 1.15 bits per heavy atom. The van der Waals surface area contributed by atoms with Crippen molar-refractivity contribution < 1.29 is 35.6 Å². The van der Waals surface area contributed by atoms with Crippen LogP contribution in [0.3, 0.4) is 0 Å². The number of carbonyl (C=O) groups is 1. The summed E-state index contributed by atoms with van der Waals surface area (Å²) in [6.45, 7) is -3.09. The summed E-state index contributed by atoms with van der Waals surface area (Å²) in [4.78, 5) is 10.9. The molecule has 0 radical (unpaired) electrons. The van der Waals surface area contributed by atoms with Crippen LogP contribution in [0, 0.1) is 0 Å². The molecule has 0 amide bonds. The molecule has 0 heterocycles. The first-order chi connectivity index (χ1) is 12.2. The van der Waals surface area contributed by atoms with Gasteiger partial charge in [0.05, 0.1) is 18.6 Å². The fourth-order valence-corrected chi connectivity index (χ4v) is 3.15. The van der Waals surface area contributed by atoms with E-state index in [0.29, 0.717) is 5.56 Å². The van der Waals surface area contributed by atoms with Gasteiger partial charge < -0.3 is 13.7 Å². The van der Waals surface area contributed by atoms with Crippen molar-refractivity contribution in [1.82, 2.24) is 0 Å². The number of benzene rings is 2. The van der Waals surface area contributed by atoms with Gasteiger partial charge in [-0.15, -0.1) is 0 Å². The van der Waals surface area contributed by atoms with Crippen LogP contribution in [0.25, 0.3) is 0 Å². The summed E-state index contributed by atoms with van der Waals surface area (Å²) in [6, 6.07) is 8.73. The van der Waals surface area contributed by atoms with Gasteiger partial charge in [-0.1, -0.05) is 23.7 Å². The summed E-state index contributed by atoms with van der Waals surface area (Å²) in [5.74, 6) is -0.789. The molecule has 2 rings (SSSR count). The zero-order valence-electron chi connectivity index (χ0n) is 13.3. The first-order valence-electron chi connectivity index (χ1n) is 7.06. The molecule has 0 saturated heterocycles. The molecule has 2 aromatic rings. The van der Waals surface area contributed by atoms with E-state index in [1.165, 1.54) is 31.4 Å². The third kappa shape index (κ3) is 5.30. The van der Waals surface area contributed by atoms with Crippen molar-refractivity contribution in [3.63, 3.8) is 0 Å². The molecule has 0 unspecified atom stereocenters. The molecule has 0 N–H and O–H groups in total. The average molecular weight is 407 g/mol. The summed E-state index contributed by atoms with van der Waals surface area (Å²) >= 11 is 5.74. The van der Waals surface area contributed by atoms with Crippen LogP contribution in [-0.4, -0.2) is 28.1 Å². The molecule has 0 spiro atoms. The van der Waals surface area contributed by atoms with Gasteiger partial charge in [0.15, 0.2) is 0 Å². The first-order valence-corrected chi connectivity index (χ1v) is 8.84. The van der Waals surface area contributed by atoms with Gasteiger partial charge in [-0.3, -0.25) is 4.79 Å². The molecule has 10 heteroatoms. The molecule has 2 aromatic carbocycles. The quantitative estimate of drug-likeness (QED) is 0.518. The number of methoxy groups -OCH3 is 1. The normalized spacial score (nSPS) is 11.3. The Labute approximate surface area is 153 Å². The topological polar surface area (TPSA) is 78.9 Å². The highest BCUT2D eigenvalue weighted by molar-refractivity contribution is 7.87. The lowest BCUT2D eigenvalue weighted by atomic mass is 10.1. The number of hydrogen-bond acceptors (Lipinski definition) is 6. The van der Waals surface area contributed by atoms with E-state index in [4.69, 9.17) is 15.8 Å². The molecule has 0 aliphatic rings. The number of hydrogen-bond donors (Lipinski definition) is 0. The maximum atomic E-state index is 12.3. The predicted molar refractivity (Wildman–Crippen MR) is 88.1 cm³/mol. The van der Waals surface area contributed by atoms with Crippen LogP contribution in [0.2, 0.25) is 5.02 Å². The van der Waals surface area contributed by atoms with Crippen molar-refractivity contribution in [1.29, 1.82) is 0 Å². The van der Waals surface area contributed by atoms with Crippen LogP contribution in [0.5, 0.6) is 11.5 Å². The Balaban J connectivity index is 2.15. The van der Waals surface area contributed by atoms with Gasteiger partial charge in [0.25, 0.3) is 0 Å². The highest BCUT2D eigenvalue weighted by Crippen LogP contribution is 2.30. The fraction of sp³-hybridized carbons (Fsp3) is 0.188. The van der Waals surface area contributed by atoms with E-state index in [2.05, 4.69) is 9.47 Å². The van der Waals surface area contributed by atoms with Crippen molar-refractivity contribution in [2.45, 2.75) is 17.9 Å². The van der Waals surface area contributed by atoms with Crippen molar-refractivity contribution >= 4 is 27.7 Å². The SMILES string of the molecule is COC(=O)Cc1ccc(OS(=O)(=O)c2ccc(OC(F)F)c(Cl)c2)cc1. The molecule has 140 valence electrons. The van der Waals surface area contributed by atoms with Crippen LogP contribution in [0.4, 0.5) is 8.78 Å². The van der Waals surface area contributed by atoms with Crippen LogP contribution < -0.4 is 8.92 Å². The van der Waals surface area contributed by atoms with Crippen molar-refractivity contribution in [2.24, 2.45) is 0 Å². The summed E-state index contributed by atoms with van der Waals surface area (Å²) in [5.41, 5.74) is 0.609. The van der Waals surface area contributed by atoms with Crippen molar-refractivity contribution in [2.75, 3.05) is 7.11 Å². The van der Waals surface area contributed by atoms with E-state index >= 15 is 0 Å². The molecule has 0 saturated carbocycles. The lowest BCUT2D eigenvalue weighted by molar-refractivity contribution is -0.139. The highest BCUT2D eigenvalue weighted by Gasteiger charge is 2.19. The number of alkyl halides is 2. The van der Waals surface area contributed by atoms with Crippen molar-refractivity contribution in [3.05, 3.63) is 53.1 Å². The Morgan fingerprint density at radius 3 is 2.35 bits per heavy atom. The maximum absolute atomic E-state index is 12.3. The number of halogens is 3. The monoisotopic (exact) mass is 406 g/mol. The van der Waals surface area contributed by atoms with Crippen LogP contribution in [0.15, 0.2) is 47.4 Å². The largest absolute Gasteiger partial charge is 0.469 e. The Morgan fingerprint density at radius 2 is 1.81 bits per heavy atom. The number of ether oxygens (including phenoxy) is 2. The van der Waals surface area contributed by atoms with E-state index in [0.717, 1.165) is 18.2 Å². The number of rotatable bonds is 7. The standard InChI is InChI=1S/C16H13ClF2O6S/c1-23-15(20)8-10-2-4-11(5-3-10)25-26(21,22)12-6-7-14(13(17)9-12)24-16(18)19/h2-7,9,16H,8H2,1H3. The summed E-state index contributed by atoms with van der Waals surface area (Å²) in [7, 11) is -2.98. The zero-order valence-corrected chi connectivity index (χ0v) is 14.9.